The van der Waals surface area contributed by atoms with Gasteiger partial charge in [0.25, 0.3) is 0 Å². The normalized spacial score (nSPS) is 10.5. The van der Waals surface area contributed by atoms with E-state index in [0.29, 0.717) is 0 Å². The average Bonchev–Trinajstić information content (AvgIpc) is 2.03. The highest BCUT2D eigenvalue weighted by Crippen LogP contribution is 2.09. The highest BCUT2D eigenvalue weighted by Gasteiger charge is 1.86. The van der Waals surface area contributed by atoms with Crippen molar-refractivity contribution in [2.75, 3.05) is 7.05 Å². The van der Waals surface area contributed by atoms with Crippen LogP contribution >= 0.6 is 11.8 Å². The molecule has 0 atom stereocenters. The van der Waals surface area contributed by atoms with E-state index in [0.717, 1.165) is 5.03 Å². The van der Waals surface area contributed by atoms with Crippen LogP contribution in [0.2, 0.25) is 0 Å². The van der Waals surface area contributed by atoms with Gasteiger partial charge in [0.1, 0.15) is 5.03 Å². The first-order valence-corrected chi connectivity index (χ1v) is 3.80. The van der Waals surface area contributed by atoms with Gasteiger partial charge in [0.05, 0.1) is 5.55 Å². The second kappa shape index (κ2) is 4.06. The van der Waals surface area contributed by atoms with E-state index in [1.54, 1.807) is 18.8 Å². The number of hydrogen-bond donors (Lipinski definition) is 0. The molecule has 1 aromatic rings. The van der Waals surface area contributed by atoms with E-state index in [1.807, 2.05) is 18.2 Å². The summed E-state index contributed by atoms with van der Waals surface area (Å²) in [4.78, 5) is 7.92. The molecule has 0 fully saturated rings. The van der Waals surface area contributed by atoms with Gasteiger partial charge in [-0.1, -0.05) is 17.8 Å². The van der Waals surface area contributed by atoms with Gasteiger partial charge in [-0.05, 0) is 12.1 Å². The van der Waals surface area contributed by atoms with Gasteiger partial charge >= 0.3 is 0 Å². The van der Waals surface area contributed by atoms with E-state index >= 15 is 0 Å². The summed E-state index contributed by atoms with van der Waals surface area (Å²) >= 11 is 1.52. The lowest BCUT2D eigenvalue weighted by Gasteiger charge is -1.89. The fourth-order valence-corrected chi connectivity index (χ4v) is 1.02. The molecule has 0 aromatic carbocycles. The SMILES string of the molecule is C/N=C\Sc1ccccn1. The molecule has 0 spiro atoms. The zero-order chi connectivity index (χ0) is 7.23. The van der Waals surface area contributed by atoms with E-state index in [1.165, 1.54) is 11.8 Å². The van der Waals surface area contributed by atoms with Crippen LogP contribution in [-0.4, -0.2) is 17.6 Å². The monoisotopic (exact) mass is 152 g/mol. The summed E-state index contributed by atoms with van der Waals surface area (Å²) in [5.41, 5.74) is 1.77. The molecule has 0 aliphatic heterocycles. The first-order chi connectivity index (χ1) is 4.93. The summed E-state index contributed by atoms with van der Waals surface area (Å²) in [7, 11) is 1.75. The minimum Gasteiger partial charge on any atom is -0.289 e. The molecule has 2 nitrogen and oxygen atoms in total. The van der Waals surface area contributed by atoms with Gasteiger partial charge in [0.15, 0.2) is 0 Å². The lowest BCUT2D eigenvalue weighted by molar-refractivity contribution is 1.14. The van der Waals surface area contributed by atoms with Gasteiger partial charge in [-0.2, -0.15) is 0 Å². The fraction of sp³-hybridized carbons (Fsp3) is 0.143. The van der Waals surface area contributed by atoms with E-state index in [9.17, 15) is 0 Å². The van der Waals surface area contributed by atoms with Gasteiger partial charge in [0.2, 0.25) is 0 Å². The highest BCUT2D eigenvalue weighted by atomic mass is 32.2. The number of pyridine rings is 1. The molecule has 0 saturated heterocycles. The smallest absolute Gasteiger partial charge is 0.102 e. The Hall–Kier alpha value is -0.830. The maximum Gasteiger partial charge on any atom is 0.102 e. The second-order valence-corrected chi connectivity index (χ2v) is 2.51. The van der Waals surface area contributed by atoms with E-state index in [-0.39, 0.29) is 0 Å². The maximum atomic E-state index is 4.09. The Kier molecular flexibility index (Phi) is 2.96. The predicted molar refractivity (Wildman–Crippen MR) is 44.5 cm³/mol. The summed E-state index contributed by atoms with van der Waals surface area (Å²) in [5.74, 6) is 0. The van der Waals surface area contributed by atoms with Crippen LogP contribution in [-0.2, 0) is 0 Å². The molecule has 1 rings (SSSR count). The molecule has 0 unspecified atom stereocenters. The Morgan fingerprint density at radius 2 is 2.50 bits per heavy atom. The third-order valence-electron chi connectivity index (χ3n) is 0.917. The molecule has 1 heterocycles. The van der Waals surface area contributed by atoms with Crippen LogP contribution in [0.1, 0.15) is 0 Å². The van der Waals surface area contributed by atoms with Crippen LogP contribution < -0.4 is 0 Å². The maximum absolute atomic E-state index is 4.09. The highest BCUT2D eigenvalue weighted by molar-refractivity contribution is 8.12. The molecule has 0 radical (unpaired) electrons. The molecular formula is C7H8N2S. The van der Waals surface area contributed by atoms with Gasteiger partial charge < -0.3 is 0 Å². The van der Waals surface area contributed by atoms with Crippen LogP contribution in [0.5, 0.6) is 0 Å². The molecule has 3 heteroatoms. The fourth-order valence-electron chi connectivity index (χ4n) is 0.524. The van der Waals surface area contributed by atoms with Crippen LogP contribution in [0.25, 0.3) is 0 Å². The van der Waals surface area contributed by atoms with E-state index < -0.39 is 0 Å². The number of nitrogens with zero attached hydrogens (tertiary/aromatic N) is 2. The van der Waals surface area contributed by atoms with Gasteiger partial charge in [-0.3, -0.25) is 4.99 Å². The van der Waals surface area contributed by atoms with Crippen molar-refractivity contribution in [2.45, 2.75) is 5.03 Å². The minimum atomic E-state index is 0.980. The third kappa shape index (κ3) is 2.19. The Balaban J connectivity index is 2.59. The Morgan fingerprint density at radius 3 is 3.10 bits per heavy atom. The van der Waals surface area contributed by atoms with Crippen molar-refractivity contribution in [1.29, 1.82) is 0 Å². The average molecular weight is 152 g/mol. The van der Waals surface area contributed by atoms with Crippen LogP contribution in [0, 0.1) is 0 Å². The lowest BCUT2D eigenvalue weighted by Crippen LogP contribution is -1.74. The Bertz CT molecular complexity index is 208. The van der Waals surface area contributed by atoms with Crippen molar-refractivity contribution in [1.82, 2.24) is 4.98 Å². The van der Waals surface area contributed by atoms with Crippen molar-refractivity contribution < 1.29 is 0 Å². The molecule has 0 saturated carbocycles. The predicted octanol–water partition coefficient (Wildman–Crippen LogP) is 1.83. The minimum absolute atomic E-state index is 0.980. The molecule has 0 N–H and O–H groups in total. The zero-order valence-electron chi connectivity index (χ0n) is 5.69. The van der Waals surface area contributed by atoms with Crippen molar-refractivity contribution in [3.05, 3.63) is 24.4 Å². The first-order valence-electron chi connectivity index (χ1n) is 2.92. The number of aromatic nitrogens is 1. The van der Waals surface area contributed by atoms with Crippen molar-refractivity contribution in [3.63, 3.8) is 0 Å². The van der Waals surface area contributed by atoms with Crippen molar-refractivity contribution >= 4 is 17.3 Å². The van der Waals surface area contributed by atoms with Gasteiger partial charge in [-0.15, -0.1) is 0 Å². The van der Waals surface area contributed by atoms with Crippen LogP contribution in [0.15, 0.2) is 34.4 Å². The largest absolute Gasteiger partial charge is 0.289 e. The van der Waals surface area contributed by atoms with Gasteiger partial charge in [0, 0.05) is 13.2 Å². The summed E-state index contributed by atoms with van der Waals surface area (Å²) < 4.78 is 0. The third-order valence-corrected chi connectivity index (χ3v) is 1.72. The van der Waals surface area contributed by atoms with E-state index in [2.05, 4.69) is 9.98 Å². The molecule has 0 aliphatic carbocycles. The standard InChI is InChI=1S/C7H8N2S/c1-8-6-10-7-4-2-3-5-9-7/h2-6H,1H3/b8-6-. The summed E-state index contributed by atoms with van der Waals surface area (Å²) in [6.07, 6.45) is 1.77. The zero-order valence-corrected chi connectivity index (χ0v) is 6.51. The summed E-state index contributed by atoms with van der Waals surface area (Å²) in [6, 6.07) is 5.80. The van der Waals surface area contributed by atoms with Gasteiger partial charge in [-0.25, -0.2) is 4.98 Å². The lowest BCUT2D eigenvalue weighted by atomic mass is 10.5. The Labute approximate surface area is 64.4 Å². The van der Waals surface area contributed by atoms with Crippen LogP contribution in [0.4, 0.5) is 0 Å². The topological polar surface area (TPSA) is 25.2 Å². The number of hydrogen-bond acceptors (Lipinski definition) is 3. The second-order valence-electron chi connectivity index (χ2n) is 1.65. The Morgan fingerprint density at radius 1 is 1.60 bits per heavy atom. The van der Waals surface area contributed by atoms with Crippen molar-refractivity contribution in [3.8, 4) is 0 Å². The summed E-state index contributed by atoms with van der Waals surface area (Å²) in [5, 5.41) is 0.980. The quantitative estimate of drug-likeness (QED) is 0.367. The number of thioether (sulfide) groups is 1. The van der Waals surface area contributed by atoms with E-state index in [4.69, 9.17) is 0 Å². The molecule has 10 heavy (non-hydrogen) atoms. The molecule has 0 bridgehead atoms. The number of rotatable bonds is 2. The molecule has 0 amide bonds. The van der Waals surface area contributed by atoms with Crippen molar-refractivity contribution in [2.24, 2.45) is 4.99 Å². The molecule has 1 aromatic heterocycles. The molecular weight excluding hydrogens is 144 g/mol. The number of aliphatic imine (C=N–C) groups is 1. The molecule has 0 aliphatic rings. The van der Waals surface area contributed by atoms with Crippen LogP contribution in [0.3, 0.4) is 0 Å². The summed E-state index contributed by atoms with van der Waals surface area (Å²) in [6.45, 7) is 0. The molecule has 52 valence electrons. The first kappa shape index (κ1) is 7.28.